The van der Waals surface area contributed by atoms with E-state index in [1.807, 2.05) is 0 Å². The number of hydrogen-bond donors (Lipinski definition) is 2. The lowest BCUT2D eigenvalue weighted by Gasteiger charge is -2.12. The zero-order chi connectivity index (χ0) is 9.26. The maximum atomic E-state index is 11.4. The van der Waals surface area contributed by atoms with Gasteiger partial charge in [-0.1, -0.05) is 0 Å². The van der Waals surface area contributed by atoms with Gasteiger partial charge in [0.1, 0.15) is 5.69 Å². The van der Waals surface area contributed by atoms with Gasteiger partial charge in [-0.25, -0.2) is 0 Å². The molecule has 0 fully saturated rings. The second-order valence-electron chi connectivity index (χ2n) is 2.94. The molecule has 1 aliphatic heterocycles. The summed E-state index contributed by atoms with van der Waals surface area (Å²) in [6.07, 6.45) is 0.911. The molecule has 4 nitrogen and oxygen atoms in total. The molecule has 1 amide bonds. The first kappa shape index (κ1) is 8.65. The van der Waals surface area contributed by atoms with Gasteiger partial charge in [-0.05, 0) is 24.5 Å². The van der Waals surface area contributed by atoms with Gasteiger partial charge in [0.2, 0.25) is 0 Å². The van der Waals surface area contributed by atoms with Crippen molar-refractivity contribution >= 4 is 17.4 Å². The highest BCUT2D eigenvalue weighted by atomic mass is 32.1. The van der Waals surface area contributed by atoms with Gasteiger partial charge in [-0.2, -0.15) is 4.37 Å². The van der Waals surface area contributed by atoms with Crippen LogP contribution in [0.3, 0.4) is 0 Å². The van der Waals surface area contributed by atoms with E-state index >= 15 is 0 Å². The lowest BCUT2D eigenvalue weighted by Crippen LogP contribution is -2.25. The van der Waals surface area contributed by atoms with Crippen LogP contribution in [0.1, 0.15) is 20.9 Å². The number of carbonyl (C=O) groups excluding carboxylic acids is 1. The minimum atomic E-state index is -0.0700. The third-order valence-electron chi connectivity index (χ3n) is 2.15. The molecule has 0 aliphatic carbocycles. The van der Waals surface area contributed by atoms with E-state index in [-0.39, 0.29) is 5.91 Å². The number of nitrogens with one attached hydrogen (secondary N) is 2. The number of nitrogens with zero attached hydrogens (tertiary/aromatic N) is 1. The molecule has 70 valence electrons. The third-order valence-corrected chi connectivity index (χ3v) is 3.03. The largest absolute Gasteiger partial charge is 0.354 e. The van der Waals surface area contributed by atoms with Crippen molar-refractivity contribution in [3.8, 4) is 0 Å². The van der Waals surface area contributed by atoms with Crippen molar-refractivity contribution < 1.29 is 4.79 Å². The van der Waals surface area contributed by atoms with Crippen molar-refractivity contribution in [3.63, 3.8) is 0 Å². The van der Waals surface area contributed by atoms with Crippen LogP contribution < -0.4 is 10.6 Å². The molecule has 2 N–H and O–H groups in total. The fraction of sp³-hybridized carbons (Fsp3) is 0.500. The van der Waals surface area contributed by atoms with Crippen LogP contribution in [0, 0.1) is 0 Å². The van der Waals surface area contributed by atoms with Crippen molar-refractivity contribution in [2.75, 3.05) is 13.6 Å². The maximum Gasteiger partial charge on any atom is 0.271 e. The first-order chi connectivity index (χ1) is 6.33. The van der Waals surface area contributed by atoms with Crippen LogP contribution in [0.5, 0.6) is 0 Å². The quantitative estimate of drug-likeness (QED) is 0.673. The highest BCUT2D eigenvalue weighted by molar-refractivity contribution is 7.06. The van der Waals surface area contributed by atoms with Crippen molar-refractivity contribution in [3.05, 3.63) is 16.1 Å². The molecule has 1 aliphatic rings. The van der Waals surface area contributed by atoms with Crippen molar-refractivity contribution in [2.45, 2.75) is 13.0 Å². The van der Waals surface area contributed by atoms with Gasteiger partial charge >= 0.3 is 0 Å². The van der Waals surface area contributed by atoms with Gasteiger partial charge in [0.05, 0.1) is 0 Å². The van der Waals surface area contributed by atoms with Gasteiger partial charge in [0.15, 0.2) is 0 Å². The van der Waals surface area contributed by atoms with Crippen LogP contribution in [0.2, 0.25) is 0 Å². The first-order valence-corrected chi connectivity index (χ1v) is 5.00. The monoisotopic (exact) mass is 197 g/mol. The van der Waals surface area contributed by atoms with Crippen molar-refractivity contribution in [2.24, 2.45) is 0 Å². The van der Waals surface area contributed by atoms with Crippen LogP contribution in [-0.2, 0) is 13.0 Å². The van der Waals surface area contributed by atoms with Crippen LogP contribution >= 0.6 is 11.5 Å². The van der Waals surface area contributed by atoms with Crippen LogP contribution in [-0.4, -0.2) is 23.9 Å². The first-order valence-electron chi connectivity index (χ1n) is 4.23. The van der Waals surface area contributed by atoms with Crippen LogP contribution in [0.4, 0.5) is 0 Å². The number of aromatic nitrogens is 1. The fourth-order valence-electron chi connectivity index (χ4n) is 1.45. The van der Waals surface area contributed by atoms with E-state index in [2.05, 4.69) is 15.0 Å². The fourth-order valence-corrected chi connectivity index (χ4v) is 2.32. The third kappa shape index (κ3) is 1.45. The number of carbonyl (C=O) groups is 1. The second-order valence-corrected chi connectivity index (χ2v) is 3.80. The lowest BCUT2D eigenvalue weighted by atomic mass is 10.1. The Balaban J connectivity index is 2.36. The van der Waals surface area contributed by atoms with Crippen LogP contribution in [0.25, 0.3) is 0 Å². The molecule has 0 saturated carbocycles. The smallest absolute Gasteiger partial charge is 0.271 e. The molecule has 0 aromatic carbocycles. The van der Waals surface area contributed by atoms with E-state index in [0.29, 0.717) is 5.69 Å². The molecule has 13 heavy (non-hydrogen) atoms. The predicted molar refractivity (Wildman–Crippen MR) is 50.9 cm³/mol. The molecule has 0 unspecified atom stereocenters. The van der Waals surface area contributed by atoms with E-state index in [1.165, 1.54) is 16.4 Å². The van der Waals surface area contributed by atoms with Gasteiger partial charge in [0, 0.05) is 24.0 Å². The summed E-state index contributed by atoms with van der Waals surface area (Å²) in [7, 11) is 1.63. The highest BCUT2D eigenvalue weighted by Crippen LogP contribution is 2.21. The number of rotatable bonds is 1. The summed E-state index contributed by atoms with van der Waals surface area (Å²) in [5.74, 6) is -0.0700. The van der Waals surface area contributed by atoms with Gasteiger partial charge in [-0.15, -0.1) is 0 Å². The summed E-state index contributed by atoms with van der Waals surface area (Å²) < 4.78 is 4.16. The normalized spacial score (nSPS) is 15.2. The average molecular weight is 197 g/mol. The molecular weight excluding hydrogens is 186 g/mol. The molecular formula is C8H11N3OS. The van der Waals surface area contributed by atoms with Gasteiger partial charge < -0.3 is 10.6 Å². The molecule has 5 heteroatoms. The van der Waals surface area contributed by atoms with E-state index < -0.39 is 0 Å². The average Bonchev–Trinajstić information content (AvgIpc) is 2.60. The Hall–Kier alpha value is -0.940. The summed E-state index contributed by atoms with van der Waals surface area (Å²) in [6, 6.07) is 0. The Bertz CT molecular complexity index is 334. The number of amides is 1. The Morgan fingerprint density at radius 2 is 2.54 bits per heavy atom. The van der Waals surface area contributed by atoms with E-state index in [9.17, 15) is 4.79 Å². The number of hydrogen-bond acceptors (Lipinski definition) is 4. The van der Waals surface area contributed by atoms with Crippen molar-refractivity contribution in [1.29, 1.82) is 0 Å². The molecule has 1 aromatic rings. The topological polar surface area (TPSA) is 54.0 Å². The summed E-state index contributed by atoms with van der Waals surface area (Å²) in [4.78, 5) is 12.6. The summed E-state index contributed by atoms with van der Waals surface area (Å²) in [5.41, 5.74) is 1.74. The Morgan fingerprint density at radius 1 is 1.69 bits per heavy atom. The summed E-state index contributed by atoms with van der Waals surface area (Å²) in [6.45, 7) is 1.79. The van der Waals surface area contributed by atoms with Crippen LogP contribution in [0.15, 0.2) is 0 Å². The molecule has 1 aromatic heterocycles. The minimum absolute atomic E-state index is 0.0700. The highest BCUT2D eigenvalue weighted by Gasteiger charge is 2.20. The lowest BCUT2D eigenvalue weighted by molar-refractivity contribution is 0.0958. The molecule has 0 bridgehead atoms. The molecule has 2 rings (SSSR count). The van der Waals surface area contributed by atoms with Gasteiger partial charge in [0.25, 0.3) is 5.91 Å². The Morgan fingerprint density at radius 3 is 3.31 bits per heavy atom. The molecule has 0 spiro atoms. The SMILES string of the molecule is CNC(=O)c1nsc2c1CCNC2. The summed E-state index contributed by atoms with van der Waals surface area (Å²) >= 11 is 1.42. The second kappa shape index (κ2) is 3.43. The predicted octanol–water partition coefficient (Wildman–Crippen LogP) is 0.148. The van der Waals surface area contributed by atoms with Crippen molar-refractivity contribution in [1.82, 2.24) is 15.0 Å². The molecule has 0 radical (unpaired) electrons. The molecule has 2 heterocycles. The summed E-state index contributed by atoms with van der Waals surface area (Å²) in [5, 5.41) is 5.85. The molecule has 0 atom stereocenters. The zero-order valence-corrected chi connectivity index (χ0v) is 8.20. The van der Waals surface area contributed by atoms with E-state index in [1.54, 1.807) is 7.05 Å². The number of fused-ring (bicyclic) bond motifs is 1. The molecule has 0 saturated heterocycles. The standard InChI is InChI=1S/C8H11N3OS/c1-9-8(12)7-5-2-3-10-4-6(5)13-11-7/h10H,2-4H2,1H3,(H,9,12). The van der Waals surface area contributed by atoms with E-state index in [0.717, 1.165) is 25.1 Å². The van der Waals surface area contributed by atoms with Gasteiger partial charge in [-0.3, -0.25) is 4.79 Å². The van der Waals surface area contributed by atoms with E-state index in [4.69, 9.17) is 0 Å². The minimum Gasteiger partial charge on any atom is -0.354 e. The maximum absolute atomic E-state index is 11.4. The Labute approximate surface area is 80.5 Å². The Kier molecular flexibility index (Phi) is 2.28. The zero-order valence-electron chi connectivity index (χ0n) is 7.39.